The van der Waals surface area contributed by atoms with Crippen molar-refractivity contribution in [3.8, 4) is 0 Å². The molecule has 1 aromatic rings. The maximum Gasteiger partial charge on any atom is 0.125 e. The van der Waals surface area contributed by atoms with E-state index in [1.165, 1.54) is 12.1 Å². The summed E-state index contributed by atoms with van der Waals surface area (Å²) in [4.78, 5) is 0. The van der Waals surface area contributed by atoms with Crippen LogP contribution in [0.2, 0.25) is 0 Å². The van der Waals surface area contributed by atoms with E-state index in [-0.39, 0.29) is 5.82 Å². The quantitative estimate of drug-likeness (QED) is 0.761. The number of halogens is 1. The summed E-state index contributed by atoms with van der Waals surface area (Å²) in [6, 6.07) is 4.74. The van der Waals surface area contributed by atoms with Crippen LogP contribution in [0.3, 0.4) is 0 Å². The fraction of sp³-hybridized carbons (Fsp3) is 0.455. The van der Waals surface area contributed by atoms with Gasteiger partial charge in [0.15, 0.2) is 0 Å². The molecule has 0 aliphatic heterocycles. The Morgan fingerprint density at radius 1 is 1.53 bits per heavy atom. The minimum Gasteiger partial charge on any atom is -0.397 e. The molecule has 15 heavy (non-hydrogen) atoms. The summed E-state index contributed by atoms with van der Waals surface area (Å²) in [5.74, 6) is 0.734. The van der Waals surface area contributed by atoms with Gasteiger partial charge >= 0.3 is 0 Å². The molecule has 0 aromatic heterocycles. The van der Waals surface area contributed by atoms with Gasteiger partial charge in [0.05, 0.1) is 11.4 Å². The smallest absolute Gasteiger partial charge is 0.125 e. The van der Waals surface area contributed by atoms with E-state index in [1.807, 2.05) is 0 Å². The van der Waals surface area contributed by atoms with Crippen LogP contribution in [0.15, 0.2) is 18.2 Å². The Labute approximate surface area is 94.4 Å². The highest BCUT2D eigenvalue weighted by atomic mass is 32.2. The molecule has 1 aromatic carbocycles. The van der Waals surface area contributed by atoms with Crippen LogP contribution >= 0.6 is 11.8 Å². The van der Waals surface area contributed by atoms with E-state index < -0.39 is 0 Å². The Kier molecular flexibility index (Phi) is 4.75. The second-order valence-corrected chi connectivity index (χ2v) is 4.35. The SMILES string of the molecule is CCC(CSC)Nc1cc(F)ccc1N. The second kappa shape index (κ2) is 5.85. The van der Waals surface area contributed by atoms with E-state index in [4.69, 9.17) is 5.73 Å². The van der Waals surface area contributed by atoms with Crippen LogP contribution in [0.1, 0.15) is 13.3 Å². The molecule has 1 unspecified atom stereocenters. The largest absolute Gasteiger partial charge is 0.397 e. The van der Waals surface area contributed by atoms with Crippen LogP contribution in [0.25, 0.3) is 0 Å². The number of nitrogen functional groups attached to an aromatic ring is 1. The van der Waals surface area contributed by atoms with Crippen molar-refractivity contribution in [2.75, 3.05) is 23.1 Å². The number of hydrogen-bond acceptors (Lipinski definition) is 3. The molecule has 0 bridgehead atoms. The van der Waals surface area contributed by atoms with Crippen LogP contribution < -0.4 is 11.1 Å². The molecule has 3 N–H and O–H groups in total. The first-order valence-corrected chi connectivity index (χ1v) is 6.37. The lowest BCUT2D eigenvalue weighted by Gasteiger charge is -2.18. The lowest BCUT2D eigenvalue weighted by atomic mass is 10.2. The standard InChI is InChI=1S/C11H17FN2S/c1-3-9(7-15-2)14-11-6-8(12)4-5-10(11)13/h4-6,9,14H,3,7,13H2,1-2H3. The fourth-order valence-corrected chi connectivity index (χ4v) is 2.06. The molecule has 0 spiro atoms. The van der Waals surface area contributed by atoms with Gasteiger partial charge in [0.25, 0.3) is 0 Å². The van der Waals surface area contributed by atoms with Gasteiger partial charge < -0.3 is 11.1 Å². The Balaban J connectivity index is 2.73. The molecule has 1 rings (SSSR count). The Bertz CT molecular complexity index is 317. The van der Waals surface area contributed by atoms with Gasteiger partial charge in [-0.1, -0.05) is 6.92 Å². The number of benzene rings is 1. The third kappa shape index (κ3) is 3.63. The van der Waals surface area contributed by atoms with Gasteiger partial charge in [0.2, 0.25) is 0 Å². The summed E-state index contributed by atoms with van der Waals surface area (Å²) in [6.07, 6.45) is 3.05. The normalized spacial score (nSPS) is 12.5. The van der Waals surface area contributed by atoms with Crippen LogP contribution in [-0.4, -0.2) is 18.1 Å². The van der Waals surface area contributed by atoms with Gasteiger partial charge in [-0.05, 0) is 30.9 Å². The molecular formula is C11H17FN2S. The first-order valence-electron chi connectivity index (χ1n) is 4.97. The zero-order valence-electron chi connectivity index (χ0n) is 9.09. The van der Waals surface area contributed by atoms with Gasteiger partial charge in [-0.25, -0.2) is 4.39 Å². The molecular weight excluding hydrogens is 211 g/mol. The van der Waals surface area contributed by atoms with Gasteiger partial charge in [0, 0.05) is 11.8 Å². The third-order valence-corrected chi connectivity index (χ3v) is 2.97. The van der Waals surface area contributed by atoms with E-state index in [0.29, 0.717) is 17.4 Å². The first kappa shape index (κ1) is 12.2. The molecule has 0 fully saturated rings. The molecule has 4 heteroatoms. The molecule has 0 aliphatic carbocycles. The Hall–Kier alpha value is -0.900. The minimum atomic E-state index is -0.259. The number of anilines is 2. The van der Waals surface area contributed by atoms with Crippen molar-refractivity contribution < 1.29 is 4.39 Å². The summed E-state index contributed by atoms with van der Waals surface area (Å²) >= 11 is 1.77. The zero-order valence-corrected chi connectivity index (χ0v) is 9.90. The topological polar surface area (TPSA) is 38.0 Å². The maximum absolute atomic E-state index is 13.0. The van der Waals surface area contributed by atoms with Crippen molar-refractivity contribution in [2.24, 2.45) is 0 Å². The summed E-state index contributed by atoms with van der Waals surface area (Å²) in [5.41, 5.74) is 7.04. The fourth-order valence-electron chi connectivity index (χ4n) is 1.34. The van der Waals surface area contributed by atoms with E-state index >= 15 is 0 Å². The molecule has 0 saturated heterocycles. The summed E-state index contributed by atoms with van der Waals surface area (Å²) in [5, 5.41) is 3.25. The minimum absolute atomic E-state index is 0.259. The number of rotatable bonds is 5. The highest BCUT2D eigenvalue weighted by Crippen LogP contribution is 2.21. The number of nitrogens with two attached hydrogens (primary N) is 1. The Morgan fingerprint density at radius 3 is 2.87 bits per heavy atom. The van der Waals surface area contributed by atoms with Crippen LogP contribution in [0.4, 0.5) is 15.8 Å². The lowest BCUT2D eigenvalue weighted by Crippen LogP contribution is -2.21. The molecule has 2 nitrogen and oxygen atoms in total. The maximum atomic E-state index is 13.0. The highest BCUT2D eigenvalue weighted by Gasteiger charge is 2.07. The predicted octanol–water partition coefficient (Wildman–Crippen LogP) is 2.96. The van der Waals surface area contributed by atoms with E-state index in [9.17, 15) is 4.39 Å². The molecule has 84 valence electrons. The van der Waals surface area contributed by atoms with Gasteiger partial charge in [-0.2, -0.15) is 11.8 Å². The zero-order chi connectivity index (χ0) is 11.3. The number of hydrogen-bond donors (Lipinski definition) is 2. The van der Waals surface area contributed by atoms with Gasteiger partial charge in [-0.15, -0.1) is 0 Å². The van der Waals surface area contributed by atoms with Gasteiger partial charge in [0.1, 0.15) is 5.82 Å². The van der Waals surface area contributed by atoms with Crippen molar-refractivity contribution in [1.82, 2.24) is 0 Å². The van der Waals surface area contributed by atoms with Crippen molar-refractivity contribution in [2.45, 2.75) is 19.4 Å². The van der Waals surface area contributed by atoms with Crippen molar-refractivity contribution in [3.05, 3.63) is 24.0 Å². The van der Waals surface area contributed by atoms with E-state index in [1.54, 1.807) is 17.8 Å². The van der Waals surface area contributed by atoms with Crippen molar-refractivity contribution in [1.29, 1.82) is 0 Å². The predicted molar refractivity (Wildman–Crippen MR) is 66.9 cm³/mol. The van der Waals surface area contributed by atoms with Gasteiger partial charge in [-0.3, -0.25) is 0 Å². The monoisotopic (exact) mass is 228 g/mol. The second-order valence-electron chi connectivity index (χ2n) is 3.44. The van der Waals surface area contributed by atoms with E-state index in [2.05, 4.69) is 18.5 Å². The number of nitrogens with one attached hydrogen (secondary N) is 1. The average Bonchev–Trinajstić information content (AvgIpc) is 2.22. The third-order valence-electron chi connectivity index (χ3n) is 2.24. The van der Waals surface area contributed by atoms with E-state index in [0.717, 1.165) is 12.2 Å². The van der Waals surface area contributed by atoms with Crippen LogP contribution in [0.5, 0.6) is 0 Å². The lowest BCUT2D eigenvalue weighted by molar-refractivity contribution is 0.628. The van der Waals surface area contributed by atoms with Crippen LogP contribution in [0, 0.1) is 5.82 Å². The van der Waals surface area contributed by atoms with Crippen molar-refractivity contribution in [3.63, 3.8) is 0 Å². The summed E-state index contributed by atoms with van der Waals surface area (Å²) in [7, 11) is 0. The molecule has 0 heterocycles. The first-order chi connectivity index (χ1) is 7.17. The molecule has 0 aliphatic rings. The number of thioether (sulfide) groups is 1. The molecule has 0 amide bonds. The van der Waals surface area contributed by atoms with Crippen LogP contribution in [-0.2, 0) is 0 Å². The Morgan fingerprint density at radius 2 is 2.27 bits per heavy atom. The average molecular weight is 228 g/mol. The molecule has 0 radical (unpaired) electrons. The molecule has 1 atom stereocenters. The molecule has 0 saturated carbocycles. The van der Waals surface area contributed by atoms with Crippen molar-refractivity contribution >= 4 is 23.1 Å². The summed E-state index contributed by atoms with van der Waals surface area (Å²) < 4.78 is 13.0. The highest BCUT2D eigenvalue weighted by molar-refractivity contribution is 7.98. The summed E-state index contributed by atoms with van der Waals surface area (Å²) in [6.45, 7) is 2.10.